The van der Waals surface area contributed by atoms with Crippen LogP contribution in [-0.2, 0) is 4.79 Å². The first-order valence-electron chi connectivity index (χ1n) is 8.78. The molecule has 5 nitrogen and oxygen atoms in total. The molecule has 0 bridgehead atoms. The Morgan fingerprint density at radius 3 is 2.07 bits per heavy atom. The Labute approximate surface area is 165 Å². The average Bonchev–Trinajstić information content (AvgIpc) is 3.03. The highest BCUT2D eigenvalue weighted by molar-refractivity contribution is 6.11. The Hall–Kier alpha value is -3.87. The topological polar surface area (TPSA) is 72.8 Å². The van der Waals surface area contributed by atoms with Gasteiger partial charge in [0.1, 0.15) is 17.2 Å². The number of halogens is 2. The number of anilines is 2. The molecule has 1 amide bonds. The lowest BCUT2D eigenvalue weighted by Crippen LogP contribution is -2.30. The highest BCUT2D eigenvalue weighted by atomic mass is 19.2. The van der Waals surface area contributed by atoms with Gasteiger partial charge in [-0.3, -0.25) is 9.69 Å². The number of benzene rings is 3. The van der Waals surface area contributed by atoms with Crippen LogP contribution < -0.4 is 10.2 Å². The van der Waals surface area contributed by atoms with Gasteiger partial charge in [-0.05, 0) is 72.3 Å². The number of phenolic OH excluding ortho intramolecular Hbond substituents is 2. The van der Waals surface area contributed by atoms with Crippen LogP contribution in [0.4, 0.5) is 20.2 Å². The van der Waals surface area contributed by atoms with E-state index in [-0.39, 0.29) is 23.1 Å². The average molecular weight is 394 g/mol. The number of carbonyl (C=O) groups is 1. The zero-order valence-corrected chi connectivity index (χ0v) is 15.0. The minimum absolute atomic E-state index is 0.0418. The molecule has 0 saturated carbocycles. The standard InChI is InChI=1S/C22H16F2N2O3/c23-18-10-1-13(11-19(18)24)21-12-20(25-14-2-6-16(27)7-3-14)22(29)26(21)15-4-8-17(28)9-5-15/h1-12,21,25,27-28H. The van der Waals surface area contributed by atoms with Gasteiger partial charge >= 0.3 is 0 Å². The molecule has 1 heterocycles. The lowest BCUT2D eigenvalue weighted by Gasteiger charge is -2.25. The van der Waals surface area contributed by atoms with Crippen LogP contribution in [0.2, 0.25) is 0 Å². The molecule has 1 aliphatic heterocycles. The summed E-state index contributed by atoms with van der Waals surface area (Å²) in [5.74, 6) is -2.22. The minimum Gasteiger partial charge on any atom is -0.508 e. The zero-order chi connectivity index (χ0) is 20.5. The molecule has 1 atom stereocenters. The summed E-state index contributed by atoms with van der Waals surface area (Å²) in [5, 5.41) is 22.0. The maximum absolute atomic E-state index is 13.8. The van der Waals surface area contributed by atoms with E-state index in [0.29, 0.717) is 16.9 Å². The SMILES string of the molecule is O=C1C(Nc2ccc(O)cc2)=CC(c2ccc(F)c(F)c2)N1c1ccc(O)cc1. The third-order valence-electron chi connectivity index (χ3n) is 4.61. The van der Waals surface area contributed by atoms with Gasteiger partial charge in [0.05, 0.1) is 6.04 Å². The van der Waals surface area contributed by atoms with E-state index >= 15 is 0 Å². The number of hydrogen-bond donors (Lipinski definition) is 3. The molecule has 3 aromatic rings. The molecule has 7 heteroatoms. The van der Waals surface area contributed by atoms with Crippen LogP contribution in [0.3, 0.4) is 0 Å². The quantitative estimate of drug-likeness (QED) is 0.572. The van der Waals surface area contributed by atoms with Crippen LogP contribution in [0.5, 0.6) is 11.5 Å². The molecule has 0 saturated heterocycles. The van der Waals surface area contributed by atoms with E-state index in [0.717, 1.165) is 12.1 Å². The van der Waals surface area contributed by atoms with Crippen molar-refractivity contribution in [2.24, 2.45) is 0 Å². The summed E-state index contributed by atoms with van der Waals surface area (Å²) in [6.45, 7) is 0. The van der Waals surface area contributed by atoms with Crippen molar-refractivity contribution in [1.82, 2.24) is 0 Å². The van der Waals surface area contributed by atoms with Crippen molar-refractivity contribution in [2.75, 3.05) is 10.2 Å². The number of carbonyl (C=O) groups excluding carboxylic acids is 1. The van der Waals surface area contributed by atoms with E-state index in [4.69, 9.17) is 0 Å². The van der Waals surface area contributed by atoms with Gasteiger partial charge in [0.25, 0.3) is 5.91 Å². The predicted molar refractivity (Wildman–Crippen MR) is 105 cm³/mol. The molecular formula is C22H16F2N2O3. The third-order valence-corrected chi connectivity index (χ3v) is 4.61. The summed E-state index contributed by atoms with van der Waals surface area (Å²) >= 11 is 0. The van der Waals surface area contributed by atoms with Crippen molar-refractivity contribution >= 4 is 17.3 Å². The van der Waals surface area contributed by atoms with Crippen LogP contribution in [0.25, 0.3) is 0 Å². The summed E-state index contributed by atoms with van der Waals surface area (Å²) in [6, 6.07) is 15.0. The minimum atomic E-state index is -1.01. The zero-order valence-electron chi connectivity index (χ0n) is 15.0. The first kappa shape index (κ1) is 18.5. The molecule has 1 aliphatic rings. The normalized spacial score (nSPS) is 16.1. The number of nitrogens with zero attached hydrogens (tertiary/aromatic N) is 1. The number of amides is 1. The van der Waals surface area contributed by atoms with Gasteiger partial charge in [-0.15, -0.1) is 0 Å². The maximum atomic E-state index is 13.8. The lowest BCUT2D eigenvalue weighted by molar-refractivity contribution is -0.114. The molecule has 0 radical (unpaired) electrons. The van der Waals surface area contributed by atoms with Gasteiger partial charge < -0.3 is 15.5 Å². The van der Waals surface area contributed by atoms with Crippen LogP contribution in [0.1, 0.15) is 11.6 Å². The van der Waals surface area contributed by atoms with Crippen LogP contribution in [0.15, 0.2) is 78.5 Å². The van der Waals surface area contributed by atoms with Gasteiger partial charge in [-0.1, -0.05) is 6.07 Å². The summed E-state index contributed by atoms with van der Waals surface area (Å²) in [6.07, 6.45) is 1.62. The molecular weight excluding hydrogens is 378 g/mol. The number of nitrogens with one attached hydrogen (secondary N) is 1. The fourth-order valence-corrected chi connectivity index (χ4v) is 3.19. The van der Waals surface area contributed by atoms with Gasteiger partial charge in [-0.25, -0.2) is 8.78 Å². The second kappa shape index (κ2) is 7.27. The maximum Gasteiger partial charge on any atom is 0.275 e. The van der Waals surface area contributed by atoms with Gasteiger partial charge in [-0.2, -0.15) is 0 Å². The molecule has 29 heavy (non-hydrogen) atoms. The van der Waals surface area contributed by atoms with E-state index in [1.165, 1.54) is 35.2 Å². The first-order chi connectivity index (χ1) is 13.9. The Morgan fingerprint density at radius 1 is 0.828 bits per heavy atom. The molecule has 3 N–H and O–H groups in total. The molecule has 0 spiro atoms. The second-order valence-electron chi connectivity index (χ2n) is 6.56. The van der Waals surface area contributed by atoms with Gasteiger partial charge in [0.2, 0.25) is 0 Å². The highest BCUT2D eigenvalue weighted by Gasteiger charge is 2.35. The Bertz CT molecular complexity index is 1100. The molecule has 0 aliphatic carbocycles. The monoisotopic (exact) mass is 394 g/mol. The first-order valence-corrected chi connectivity index (χ1v) is 8.78. The second-order valence-corrected chi connectivity index (χ2v) is 6.56. The van der Waals surface area contributed by atoms with Crippen molar-refractivity contribution < 1.29 is 23.8 Å². The van der Waals surface area contributed by atoms with E-state index in [9.17, 15) is 23.8 Å². The van der Waals surface area contributed by atoms with E-state index in [1.54, 1.807) is 30.3 Å². The van der Waals surface area contributed by atoms with Crippen LogP contribution >= 0.6 is 0 Å². The van der Waals surface area contributed by atoms with Crippen molar-refractivity contribution in [3.8, 4) is 11.5 Å². The number of aromatic hydroxyl groups is 2. The van der Waals surface area contributed by atoms with E-state index < -0.39 is 17.7 Å². The molecule has 1 unspecified atom stereocenters. The van der Waals surface area contributed by atoms with Crippen molar-refractivity contribution in [3.05, 3.63) is 95.7 Å². The summed E-state index contributed by atoms with van der Waals surface area (Å²) in [7, 11) is 0. The van der Waals surface area contributed by atoms with Crippen LogP contribution in [-0.4, -0.2) is 16.1 Å². The third kappa shape index (κ3) is 3.62. The Morgan fingerprint density at radius 2 is 1.45 bits per heavy atom. The van der Waals surface area contributed by atoms with Gasteiger partial charge in [0, 0.05) is 11.4 Å². The Balaban J connectivity index is 1.74. The highest BCUT2D eigenvalue weighted by Crippen LogP contribution is 2.37. The molecule has 146 valence electrons. The number of rotatable bonds is 4. The summed E-state index contributed by atoms with van der Waals surface area (Å²) < 4.78 is 27.2. The molecule has 0 aromatic heterocycles. The molecule has 3 aromatic carbocycles. The van der Waals surface area contributed by atoms with Crippen molar-refractivity contribution in [2.45, 2.75) is 6.04 Å². The predicted octanol–water partition coefficient (Wildman–Crippen LogP) is 4.46. The largest absolute Gasteiger partial charge is 0.508 e. The smallest absolute Gasteiger partial charge is 0.275 e. The fraction of sp³-hybridized carbons (Fsp3) is 0.0455. The Kier molecular flexibility index (Phi) is 4.64. The summed E-state index contributed by atoms with van der Waals surface area (Å²) in [4.78, 5) is 14.5. The summed E-state index contributed by atoms with van der Waals surface area (Å²) in [5.41, 5.74) is 1.71. The molecule has 0 fully saturated rings. The number of phenols is 2. The van der Waals surface area contributed by atoms with Crippen LogP contribution in [0, 0.1) is 11.6 Å². The number of hydrogen-bond acceptors (Lipinski definition) is 4. The molecule has 4 rings (SSSR count). The van der Waals surface area contributed by atoms with Crippen molar-refractivity contribution in [3.63, 3.8) is 0 Å². The van der Waals surface area contributed by atoms with Gasteiger partial charge in [0.15, 0.2) is 11.6 Å². The van der Waals surface area contributed by atoms with E-state index in [2.05, 4.69) is 5.32 Å². The van der Waals surface area contributed by atoms with E-state index in [1.807, 2.05) is 0 Å². The van der Waals surface area contributed by atoms with Crippen molar-refractivity contribution in [1.29, 1.82) is 0 Å². The lowest BCUT2D eigenvalue weighted by atomic mass is 10.1. The fourth-order valence-electron chi connectivity index (χ4n) is 3.19.